The fraction of sp³-hybridized carbons (Fsp3) is 0.538. The van der Waals surface area contributed by atoms with Crippen LogP contribution in [0, 0.1) is 0 Å². The zero-order valence-corrected chi connectivity index (χ0v) is 21.4. The number of hydrogen-bond donors (Lipinski definition) is 2. The number of thiophene rings is 1. The number of rotatable bonds is 8. The predicted molar refractivity (Wildman–Crippen MR) is 139 cm³/mol. The van der Waals surface area contributed by atoms with Gasteiger partial charge in [0.25, 0.3) is 0 Å². The molecule has 1 heterocycles. The van der Waals surface area contributed by atoms with Crippen LogP contribution in [0.25, 0.3) is 0 Å². The third-order valence-corrected chi connectivity index (χ3v) is 7.79. The molecule has 0 saturated heterocycles. The Bertz CT molecular complexity index is 921. The molecule has 1 aromatic heterocycles. The van der Waals surface area contributed by atoms with E-state index < -0.39 is 0 Å². The zero-order chi connectivity index (χ0) is 23.1. The van der Waals surface area contributed by atoms with Crippen LogP contribution >= 0.6 is 23.6 Å². The third-order valence-electron chi connectivity index (χ3n) is 6.36. The molecule has 32 heavy (non-hydrogen) atoms. The molecule has 4 nitrogen and oxygen atoms in total. The van der Waals surface area contributed by atoms with Crippen molar-refractivity contribution in [1.82, 2.24) is 5.32 Å². The maximum atomic E-state index is 12.8. The smallest absolute Gasteiger partial charge is 0.341 e. The third kappa shape index (κ3) is 5.90. The SMILES string of the molecule is CCOC(=O)c1c(NC(=S)NC(CC)c2ccc(C(C)CC)cc2)sc2c1CCCCC2. The summed E-state index contributed by atoms with van der Waals surface area (Å²) in [6.07, 6.45) is 7.49. The van der Waals surface area contributed by atoms with Crippen molar-refractivity contribution in [2.45, 2.75) is 84.6 Å². The molecular formula is C26H36N2O2S2. The summed E-state index contributed by atoms with van der Waals surface area (Å²) in [5.74, 6) is 0.320. The Kier molecular flexibility index (Phi) is 9.11. The van der Waals surface area contributed by atoms with Crippen molar-refractivity contribution in [1.29, 1.82) is 0 Å². The maximum Gasteiger partial charge on any atom is 0.341 e. The Labute approximate surface area is 202 Å². The van der Waals surface area contributed by atoms with Crippen LogP contribution in [0.2, 0.25) is 0 Å². The second kappa shape index (κ2) is 11.8. The van der Waals surface area contributed by atoms with Gasteiger partial charge in [-0.3, -0.25) is 0 Å². The number of anilines is 1. The van der Waals surface area contributed by atoms with Crippen LogP contribution in [0.5, 0.6) is 0 Å². The summed E-state index contributed by atoms with van der Waals surface area (Å²) in [6.45, 7) is 8.85. The highest BCUT2D eigenvalue weighted by molar-refractivity contribution is 7.80. The Hall–Kier alpha value is -1.92. The summed E-state index contributed by atoms with van der Waals surface area (Å²) in [5, 5.41) is 8.16. The van der Waals surface area contributed by atoms with Crippen LogP contribution in [0.1, 0.15) is 104 Å². The molecule has 0 saturated carbocycles. The monoisotopic (exact) mass is 472 g/mol. The van der Waals surface area contributed by atoms with Crippen LogP contribution in [0.4, 0.5) is 5.00 Å². The van der Waals surface area contributed by atoms with E-state index in [0.717, 1.165) is 42.7 Å². The molecule has 2 aromatic rings. The lowest BCUT2D eigenvalue weighted by Crippen LogP contribution is -2.32. The number of thiocarbonyl (C=S) groups is 1. The van der Waals surface area contributed by atoms with E-state index in [-0.39, 0.29) is 12.0 Å². The molecule has 174 valence electrons. The zero-order valence-electron chi connectivity index (χ0n) is 19.8. The standard InChI is InChI=1S/C26H36N2O2S2/c1-5-17(4)18-13-15-19(16-14-18)21(6-2)27-26(31)28-24-23(25(29)30-7-3)20-11-9-8-10-12-22(20)32-24/h13-17,21H,5-12H2,1-4H3,(H2,27,28,31). The second-order valence-corrected chi connectivity index (χ2v) is 10.0. The van der Waals surface area contributed by atoms with E-state index in [4.69, 9.17) is 17.0 Å². The van der Waals surface area contributed by atoms with E-state index in [9.17, 15) is 4.79 Å². The number of benzene rings is 1. The Morgan fingerprint density at radius 1 is 1.06 bits per heavy atom. The molecule has 2 unspecified atom stereocenters. The van der Waals surface area contributed by atoms with Crippen LogP contribution in [0.3, 0.4) is 0 Å². The molecule has 0 aliphatic heterocycles. The second-order valence-electron chi connectivity index (χ2n) is 8.52. The number of aryl methyl sites for hydroxylation is 1. The minimum atomic E-state index is -0.245. The number of ether oxygens (including phenoxy) is 1. The molecule has 0 bridgehead atoms. The van der Waals surface area contributed by atoms with Crippen LogP contribution in [-0.2, 0) is 17.6 Å². The number of nitrogens with one attached hydrogen (secondary N) is 2. The van der Waals surface area contributed by atoms with Gasteiger partial charge in [-0.05, 0) is 80.3 Å². The van der Waals surface area contributed by atoms with Gasteiger partial charge in [0.2, 0.25) is 0 Å². The van der Waals surface area contributed by atoms with Crippen molar-refractivity contribution in [2.75, 3.05) is 11.9 Å². The Morgan fingerprint density at radius 2 is 1.75 bits per heavy atom. The van der Waals surface area contributed by atoms with Gasteiger partial charge >= 0.3 is 5.97 Å². The van der Waals surface area contributed by atoms with Crippen LogP contribution in [0.15, 0.2) is 24.3 Å². The van der Waals surface area contributed by atoms with Gasteiger partial charge in [0, 0.05) is 4.88 Å². The molecule has 2 N–H and O–H groups in total. The lowest BCUT2D eigenvalue weighted by molar-refractivity contribution is 0.0527. The minimum absolute atomic E-state index is 0.116. The fourth-order valence-corrected chi connectivity index (χ4v) is 5.85. The van der Waals surface area contributed by atoms with Gasteiger partial charge in [-0.15, -0.1) is 11.3 Å². The molecule has 1 aliphatic rings. The van der Waals surface area contributed by atoms with Crippen molar-refractivity contribution in [3.05, 3.63) is 51.4 Å². The topological polar surface area (TPSA) is 50.4 Å². The highest BCUT2D eigenvalue weighted by Crippen LogP contribution is 2.38. The van der Waals surface area contributed by atoms with E-state index in [2.05, 4.69) is 55.7 Å². The van der Waals surface area contributed by atoms with Crippen molar-refractivity contribution in [3.63, 3.8) is 0 Å². The Morgan fingerprint density at radius 3 is 2.41 bits per heavy atom. The van der Waals surface area contributed by atoms with E-state index in [1.54, 1.807) is 11.3 Å². The number of fused-ring (bicyclic) bond motifs is 1. The molecule has 1 aromatic carbocycles. The summed E-state index contributed by atoms with van der Waals surface area (Å²) < 4.78 is 5.39. The molecule has 0 fully saturated rings. The largest absolute Gasteiger partial charge is 0.462 e. The van der Waals surface area contributed by atoms with E-state index in [0.29, 0.717) is 23.2 Å². The number of carbonyl (C=O) groups is 1. The molecule has 3 rings (SSSR count). The average Bonchev–Trinajstić information content (AvgIpc) is 2.97. The van der Waals surface area contributed by atoms with Gasteiger partial charge in [-0.25, -0.2) is 4.79 Å². The van der Waals surface area contributed by atoms with Crippen molar-refractivity contribution in [3.8, 4) is 0 Å². The number of esters is 1. The predicted octanol–water partition coefficient (Wildman–Crippen LogP) is 7.14. The normalized spacial score (nSPS) is 15.2. The first-order valence-corrected chi connectivity index (χ1v) is 13.2. The van der Waals surface area contributed by atoms with Crippen molar-refractivity contribution < 1.29 is 9.53 Å². The number of hydrogen-bond acceptors (Lipinski definition) is 4. The van der Waals surface area contributed by atoms with Gasteiger partial charge < -0.3 is 15.4 Å². The lowest BCUT2D eigenvalue weighted by atomic mass is 9.95. The minimum Gasteiger partial charge on any atom is -0.462 e. The van der Waals surface area contributed by atoms with E-state index in [1.165, 1.54) is 28.8 Å². The first kappa shape index (κ1) is 24.7. The molecule has 0 amide bonds. The quantitative estimate of drug-likeness (QED) is 0.243. The molecular weight excluding hydrogens is 436 g/mol. The van der Waals surface area contributed by atoms with Crippen molar-refractivity contribution >= 4 is 39.6 Å². The van der Waals surface area contributed by atoms with Crippen molar-refractivity contribution in [2.24, 2.45) is 0 Å². The molecule has 1 aliphatic carbocycles. The van der Waals surface area contributed by atoms with Gasteiger partial charge in [0.1, 0.15) is 5.00 Å². The summed E-state index contributed by atoms with van der Waals surface area (Å²) >= 11 is 7.33. The van der Waals surface area contributed by atoms with E-state index >= 15 is 0 Å². The highest BCUT2D eigenvalue weighted by atomic mass is 32.1. The summed E-state index contributed by atoms with van der Waals surface area (Å²) in [7, 11) is 0. The summed E-state index contributed by atoms with van der Waals surface area (Å²) in [6, 6.07) is 8.95. The van der Waals surface area contributed by atoms with Gasteiger partial charge in [0.05, 0.1) is 18.2 Å². The lowest BCUT2D eigenvalue weighted by Gasteiger charge is -2.21. The Balaban J connectivity index is 1.76. The first-order chi connectivity index (χ1) is 15.5. The molecule has 2 atom stereocenters. The average molecular weight is 473 g/mol. The van der Waals surface area contributed by atoms with Gasteiger partial charge in [-0.2, -0.15) is 0 Å². The van der Waals surface area contributed by atoms with Gasteiger partial charge in [-0.1, -0.05) is 51.5 Å². The van der Waals surface area contributed by atoms with Crippen LogP contribution in [-0.4, -0.2) is 17.7 Å². The molecule has 0 spiro atoms. The maximum absolute atomic E-state index is 12.8. The number of carbonyl (C=O) groups excluding carboxylic acids is 1. The van der Waals surface area contributed by atoms with Gasteiger partial charge in [0.15, 0.2) is 5.11 Å². The molecule has 6 heteroatoms. The molecule has 0 radical (unpaired) electrons. The summed E-state index contributed by atoms with van der Waals surface area (Å²) in [5.41, 5.74) is 4.43. The highest BCUT2D eigenvalue weighted by Gasteiger charge is 2.26. The van der Waals surface area contributed by atoms with E-state index in [1.807, 2.05) is 6.92 Å². The first-order valence-electron chi connectivity index (χ1n) is 12.0. The van der Waals surface area contributed by atoms with Crippen LogP contribution < -0.4 is 10.6 Å². The summed E-state index contributed by atoms with van der Waals surface area (Å²) in [4.78, 5) is 14.1. The fourth-order valence-electron chi connectivity index (χ4n) is 4.26.